The van der Waals surface area contributed by atoms with Crippen LogP contribution in [0.15, 0.2) is 36.5 Å². The second-order valence-corrected chi connectivity index (χ2v) is 23.9. The Bertz CT molecular complexity index is 1420. The van der Waals surface area contributed by atoms with Crippen molar-refractivity contribution in [2.45, 2.75) is 371 Å². The van der Waals surface area contributed by atoms with Crippen molar-refractivity contribution in [2.75, 3.05) is 19.8 Å². The fraction of sp³-hybridized carbons (Fsp3) is 0.884. The van der Waals surface area contributed by atoms with E-state index in [1.54, 1.807) is 6.08 Å². The van der Waals surface area contributed by atoms with E-state index in [2.05, 4.69) is 43.5 Å². The Morgan fingerprint density at radius 2 is 0.800 bits per heavy atom. The van der Waals surface area contributed by atoms with E-state index in [0.29, 0.717) is 19.4 Å². The molecule has 7 atom stereocenters. The number of esters is 1. The minimum absolute atomic E-state index is 0.00113. The van der Waals surface area contributed by atoms with Crippen molar-refractivity contribution in [2.24, 2.45) is 0 Å². The Balaban J connectivity index is 1.94. The molecule has 1 rings (SSSR count). The molecule has 0 saturated carbocycles. The first-order valence-electron chi connectivity index (χ1n) is 34.3. The van der Waals surface area contributed by atoms with Gasteiger partial charge < -0.3 is 45.1 Å². The smallest absolute Gasteiger partial charge is 0.305 e. The second kappa shape index (κ2) is 58.6. The monoisotopic (exact) mass is 1130 g/mol. The van der Waals surface area contributed by atoms with Crippen molar-refractivity contribution in [1.29, 1.82) is 0 Å². The van der Waals surface area contributed by atoms with Gasteiger partial charge in [-0.15, -0.1) is 0 Å². The molecule has 0 spiro atoms. The van der Waals surface area contributed by atoms with Crippen LogP contribution in [0.5, 0.6) is 0 Å². The number of hydrogen-bond acceptors (Lipinski definition) is 10. The third-order valence-corrected chi connectivity index (χ3v) is 16.2. The molecule has 470 valence electrons. The quantitative estimate of drug-likeness (QED) is 0.0195. The molecule has 1 fully saturated rings. The van der Waals surface area contributed by atoms with E-state index in [-0.39, 0.29) is 18.5 Å². The third kappa shape index (κ3) is 47.3. The molecule has 0 aromatic heterocycles. The van der Waals surface area contributed by atoms with Crippen molar-refractivity contribution >= 4 is 11.9 Å². The van der Waals surface area contributed by atoms with Crippen LogP contribution in [0.2, 0.25) is 0 Å². The van der Waals surface area contributed by atoms with Crippen LogP contribution in [0.3, 0.4) is 0 Å². The molecule has 7 unspecified atom stereocenters. The Labute approximate surface area is 492 Å². The minimum atomic E-state index is -1.57. The molecule has 0 bridgehead atoms. The zero-order valence-corrected chi connectivity index (χ0v) is 52.1. The molecule has 0 aromatic rings. The maximum atomic E-state index is 13.0. The molecule has 0 aliphatic carbocycles. The highest BCUT2D eigenvalue weighted by molar-refractivity contribution is 5.76. The first kappa shape index (κ1) is 75.9. The highest BCUT2D eigenvalue weighted by Gasteiger charge is 2.44. The second-order valence-electron chi connectivity index (χ2n) is 23.9. The molecule has 1 aliphatic rings. The van der Waals surface area contributed by atoms with Gasteiger partial charge in [-0.25, -0.2) is 0 Å². The standard InChI is InChI=1S/C69H129NO10/c1-3-5-7-9-11-13-14-15-16-17-24-28-31-34-37-41-45-49-53-57-65(74)78-58-54-50-46-42-38-35-32-29-26-23-21-19-18-20-22-25-27-30-33-36-40-44-48-52-56-64(73)70-61(62(72)55-51-47-43-39-12-10-8-6-4-2)60-79-69-68(77)67(76)66(75)63(59-71)80-69/h15-16,20,22,51,55,61-63,66-69,71-72,75-77H,3-14,17-19,21,23-50,52-54,56-60H2,1-2H3,(H,70,73)/b16-15-,22-20-,55-51+. The first-order valence-corrected chi connectivity index (χ1v) is 34.3. The summed E-state index contributed by atoms with van der Waals surface area (Å²) in [6.45, 7) is 4.33. The van der Waals surface area contributed by atoms with E-state index in [1.165, 1.54) is 238 Å². The zero-order chi connectivity index (χ0) is 58.0. The number of amides is 1. The Morgan fingerprint density at radius 1 is 0.450 bits per heavy atom. The Hall–Kier alpha value is -2.12. The number of unbranched alkanes of at least 4 members (excludes halogenated alkanes) is 42. The maximum absolute atomic E-state index is 13.0. The molecule has 0 aromatic carbocycles. The number of hydrogen-bond donors (Lipinski definition) is 6. The van der Waals surface area contributed by atoms with Crippen LogP contribution in [-0.2, 0) is 23.8 Å². The van der Waals surface area contributed by atoms with Gasteiger partial charge in [0, 0.05) is 12.8 Å². The lowest BCUT2D eigenvalue weighted by Gasteiger charge is -2.40. The van der Waals surface area contributed by atoms with Gasteiger partial charge in [0.05, 0.1) is 32.0 Å². The van der Waals surface area contributed by atoms with Gasteiger partial charge in [-0.2, -0.15) is 0 Å². The van der Waals surface area contributed by atoms with E-state index in [9.17, 15) is 35.1 Å². The third-order valence-electron chi connectivity index (χ3n) is 16.2. The van der Waals surface area contributed by atoms with Crippen molar-refractivity contribution < 1.29 is 49.3 Å². The average molecular weight is 1130 g/mol. The molecule has 0 radical (unpaired) electrons. The molecule has 1 heterocycles. The predicted octanol–water partition coefficient (Wildman–Crippen LogP) is 17.0. The van der Waals surface area contributed by atoms with Crippen molar-refractivity contribution in [3.8, 4) is 0 Å². The number of nitrogens with one attached hydrogen (secondary N) is 1. The van der Waals surface area contributed by atoms with Gasteiger partial charge in [-0.1, -0.05) is 269 Å². The van der Waals surface area contributed by atoms with Gasteiger partial charge in [-0.3, -0.25) is 9.59 Å². The number of ether oxygens (including phenoxy) is 3. The summed E-state index contributed by atoms with van der Waals surface area (Å²) in [6.07, 6.45) is 64.2. The fourth-order valence-electron chi connectivity index (χ4n) is 10.8. The number of carbonyl (C=O) groups excluding carboxylic acids is 2. The molecule has 11 nitrogen and oxygen atoms in total. The highest BCUT2D eigenvalue weighted by Crippen LogP contribution is 2.23. The highest BCUT2D eigenvalue weighted by atomic mass is 16.7. The number of aliphatic hydroxyl groups is 5. The number of aliphatic hydroxyl groups excluding tert-OH is 5. The van der Waals surface area contributed by atoms with Crippen LogP contribution in [-0.4, -0.2) is 100 Å². The molecule has 80 heavy (non-hydrogen) atoms. The Morgan fingerprint density at radius 3 is 1.20 bits per heavy atom. The predicted molar refractivity (Wildman–Crippen MR) is 334 cm³/mol. The summed E-state index contributed by atoms with van der Waals surface area (Å²) in [6, 6.07) is -0.812. The lowest BCUT2D eigenvalue weighted by molar-refractivity contribution is -0.302. The van der Waals surface area contributed by atoms with Crippen LogP contribution in [0.25, 0.3) is 0 Å². The minimum Gasteiger partial charge on any atom is -0.466 e. The van der Waals surface area contributed by atoms with E-state index in [4.69, 9.17) is 14.2 Å². The van der Waals surface area contributed by atoms with Crippen LogP contribution < -0.4 is 5.32 Å². The topological polar surface area (TPSA) is 175 Å². The zero-order valence-electron chi connectivity index (χ0n) is 52.1. The largest absolute Gasteiger partial charge is 0.466 e. The van der Waals surface area contributed by atoms with Crippen LogP contribution >= 0.6 is 0 Å². The van der Waals surface area contributed by atoms with Gasteiger partial charge in [0.25, 0.3) is 0 Å². The van der Waals surface area contributed by atoms with E-state index < -0.39 is 49.5 Å². The lowest BCUT2D eigenvalue weighted by atomic mass is 9.99. The summed E-state index contributed by atoms with van der Waals surface area (Å²) >= 11 is 0. The SMILES string of the molecule is CCCCCCCC/C=C\CCCCCCCCCCCC(=O)OCCCCCCCCCCCCCC/C=C\CCCCCCCCCCC(=O)NC(COC1OC(CO)C(O)C(O)C1O)C(O)/C=C/CCCCCCCCC. The van der Waals surface area contributed by atoms with E-state index >= 15 is 0 Å². The fourth-order valence-corrected chi connectivity index (χ4v) is 10.8. The number of rotatable bonds is 60. The molecule has 1 amide bonds. The molecule has 11 heteroatoms. The van der Waals surface area contributed by atoms with Crippen LogP contribution in [0.1, 0.15) is 328 Å². The number of allylic oxidation sites excluding steroid dienone is 5. The van der Waals surface area contributed by atoms with Gasteiger partial charge >= 0.3 is 5.97 Å². The van der Waals surface area contributed by atoms with Crippen molar-refractivity contribution in [3.63, 3.8) is 0 Å². The van der Waals surface area contributed by atoms with Crippen LogP contribution in [0.4, 0.5) is 0 Å². The normalized spacial score (nSPS) is 18.5. The number of carbonyl (C=O) groups is 2. The van der Waals surface area contributed by atoms with Crippen molar-refractivity contribution in [1.82, 2.24) is 5.32 Å². The van der Waals surface area contributed by atoms with Crippen molar-refractivity contribution in [3.05, 3.63) is 36.5 Å². The molecular formula is C69H129NO10. The van der Waals surface area contributed by atoms with Gasteiger partial charge in [0.2, 0.25) is 5.91 Å². The van der Waals surface area contributed by atoms with Gasteiger partial charge in [0.15, 0.2) is 6.29 Å². The average Bonchev–Trinajstić information content (AvgIpc) is 3.45. The summed E-state index contributed by atoms with van der Waals surface area (Å²) in [7, 11) is 0. The van der Waals surface area contributed by atoms with E-state index in [0.717, 1.165) is 64.2 Å². The summed E-state index contributed by atoms with van der Waals surface area (Å²) in [5, 5.41) is 54.3. The maximum Gasteiger partial charge on any atom is 0.305 e. The molecular weight excluding hydrogens is 1000 g/mol. The molecule has 1 aliphatic heterocycles. The van der Waals surface area contributed by atoms with Crippen LogP contribution in [0, 0.1) is 0 Å². The Kier molecular flexibility index (Phi) is 55.6. The summed E-state index contributed by atoms with van der Waals surface area (Å²) in [5.41, 5.74) is 0. The molecule has 1 saturated heterocycles. The van der Waals surface area contributed by atoms with Gasteiger partial charge in [0.1, 0.15) is 24.4 Å². The van der Waals surface area contributed by atoms with E-state index in [1.807, 2.05) is 6.08 Å². The lowest BCUT2D eigenvalue weighted by Crippen LogP contribution is -2.60. The molecule has 6 N–H and O–H groups in total. The summed E-state index contributed by atoms with van der Waals surface area (Å²) in [5.74, 6) is -0.187. The summed E-state index contributed by atoms with van der Waals surface area (Å²) < 4.78 is 16.7. The van der Waals surface area contributed by atoms with Gasteiger partial charge in [-0.05, 0) is 83.5 Å². The first-order chi connectivity index (χ1) is 39.2. The summed E-state index contributed by atoms with van der Waals surface area (Å²) in [4.78, 5) is 25.1.